The number of nitrogens with zero attached hydrogens (tertiary/aromatic N) is 2. The molecule has 1 N–H and O–H groups in total. The molecule has 1 aromatic carbocycles. The third kappa shape index (κ3) is 4.29. The first kappa shape index (κ1) is 20.2. The molecule has 5 nitrogen and oxygen atoms in total. The quantitative estimate of drug-likeness (QED) is 0.721. The van der Waals surface area contributed by atoms with Gasteiger partial charge >= 0.3 is 0 Å². The van der Waals surface area contributed by atoms with E-state index in [-0.39, 0.29) is 5.91 Å². The molecule has 1 amide bonds. The Balaban J connectivity index is 1.81. The molecule has 0 atom stereocenters. The van der Waals surface area contributed by atoms with E-state index in [1.165, 1.54) is 11.1 Å². The number of ether oxygens (including phenoxy) is 1. The van der Waals surface area contributed by atoms with Crippen LogP contribution in [-0.2, 0) is 11.2 Å². The fraction of sp³-hybridized carbons (Fsp3) is 0.478. The Labute approximate surface area is 167 Å². The number of amides is 1. The summed E-state index contributed by atoms with van der Waals surface area (Å²) in [5.74, 6) is 0.705. The van der Waals surface area contributed by atoms with Crippen LogP contribution in [0.25, 0.3) is 11.3 Å². The van der Waals surface area contributed by atoms with Crippen molar-refractivity contribution >= 4 is 5.91 Å². The summed E-state index contributed by atoms with van der Waals surface area (Å²) >= 11 is 0. The molecule has 2 heterocycles. The van der Waals surface area contributed by atoms with E-state index in [0.29, 0.717) is 18.9 Å². The van der Waals surface area contributed by atoms with Gasteiger partial charge in [-0.3, -0.25) is 9.89 Å². The lowest BCUT2D eigenvalue weighted by Gasteiger charge is -2.28. The number of H-pyrrole nitrogens is 1. The van der Waals surface area contributed by atoms with Crippen molar-refractivity contribution in [2.24, 2.45) is 5.41 Å². The van der Waals surface area contributed by atoms with Gasteiger partial charge in [-0.1, -0.05) is 23.3 Å². The molecule has 0 radical (unpaired) electrons. The molecule has 3 rings (SSSR count). The Morgan fingerprint density at radius 2 is 1.89 bits per heavy atom. The Morgan fingerprint density at radius 3 is 2.50 bits per heavy atom. The molecule has 1 aliphatic rings. The predicted molar refractivity (Wildman–Crippen MR) is 112 cm³/mol. The molecular formula is C23H31N3O2. The van der Waals surface area contributed by atoms with Gasteiger partial charge in [-0.05, 0) is 59.1 Å². The lowest BCUT2D eigenvalue weighted by molar-refractivity contribution is -0.140. The van der Waals surface area contributed by atoms with Crippen LogP contribution < -0.4 is 4.74 Å². The van der Waals surface area contributed by atoms with Gasteiger partial charge in [0.05, 0.1) is 11.1 Å². The third-order valence-corrected chi connectivity index (χ3v) is 5.23. The zero-order chi connectivity index (χ0) is 20.3. The summed E-state index contributed by atoms with van der Waals surface area (Å²) in [5, 5.41) is 7.54. The SMILES string of the molecule is C=CCc1c(OCC(C)(C)C(=O)N2CCCC2)n[nH]c1-c1cc(C)cc(C)c1. The van der Waals surface area contributed by atoms with Gasteiger partial charge in [-0.25, -0.2) is 0 Å². The van der Waals surface area contributed by atoms with E-state index in [1.54, 1.807) is 0 Å². The summed E-state index contributed by atoms with van der Waals surface area (Å²) in [5.41, 5.74) is 4.83. The first-order valence-corrected chi connectivity index (χ1v) is 10.0. The van der Waals surface area contributed by atoms with E-state index < -0.39 is 5.41 Å². The van der Waals surface area contributed by atoms with Crippen molar-refractivity contribution in [1.29, 1.82) is 0 Å². The van der Waals surface area contributed by atoms with E-state index in [1.807, 2.05) is 24.8 Å². The number of hydrogen-bond donors (Lipinski definition) is 1. The molecule has 0 unspecified atom stereocenters. The van der Waals surface area contributed by atoms with Crippen LogP contribution in [0.1, 0.15) is 43.4 Å². The number of aromatic amines is 1. The normalized spacial score (nSPS) is 14.4. The van der Waals surface area contributed by atoms with Gasteiger partial charge in [-0.15, -0.1) is 11.7 Å². The average Bonchev–Trinajstić information content (AvgIpc) is 3.29. The molecule has 2 aromatic rings. The highest BCUT2D eigenvalue weighted by atomic mass is 16.5. The number of benzene rings is 1. The Hall–Kier alpha value is -2.56. The molecule has 28 heavy (non-hydrogen) atoms. The van der Waals surface area contributed by atoms with Gasteiger partial charge in [0.25, 0.3) is 0 Å². The maximum Gasteiger partial charge on any atom is 0.236 e. The zero-order valence-corrected chi connectivity index (χ0v) is 17.5. The minimum atomic E-state index is -0.588. The van der Waals surface area contributed by atoms with Gasteiger partial charge in [0, 0.05) is 24.2 Å². The van der Waals surface area contributed by atoms with Crippen molar-refractivity contribution in [1.82, 2.24) is 15.1 Å². The maximum atomic E-state index is 12.8. The van der Waals surface area contributed by atoms with Gasteiger partial charge in [-0.2, -0.15) is 0 Å². The van der Waals surface area contributed by atoms with E-state index in [0.717, 1.165) is 42.8 Å². The molecule has 0 aliphatic carbocycles. The summed E-state index contributed by atoms with van der Waals surface area (Å²) in [6.45, 7) is 13.9. The second kappa shape index (κ2) is 8.21. The highest BCUT2D eigenvalue weighted by molar-refractivity contribution is 5.82. The molecule has 1 saturated heterocycles. The minimum Gasteiger partial charge on any atom is -0.475 e. The Bertz CT molecular complexity index is 840. The number of carbonyl (C=O) groups excluding carboxylic acids is 1. The molecular weight excluding hydrogens is 350 g/mol. The fourth-order valence-corrected chi connectivity index (χ4v) is 3.82. The number of aryl methyl sites for hydroxylation is 2. The van der Waals surface area contributed by atoms with Crippen LogP contribution in [0.15, 0.2) is 30.9 Å². The van der Waals surface area contributed by atoms with E-state index in [4.69, 9.17) is 4.74 Å². The van der Waals surface area contributed by atoms with Crippen LogP contribution in [-0.4, -0.2) is 40.7 Å². The number of likely N-dealkylation sites (tertiary alicyclic amines) is 1. The smallest absolute Gasteiger partial charge is 0.236 e. The summed E-state index contributed by atoms with van der Waals surface area (Å²) in [4.78, 5) is 14.7. The molecule has 1 fully saturated rings. The lowest BCUT2D eigenvalue weighted by atomic mass is 9.93. The Morgan fingerprint density at radius 1 is 1.25 bits per heavy atom. The van der Waals surface area contributed by atoms with Gasteiger partial charge in [0.2, 0.25) is 11.8 Å². The zero-order valence-electron chi connectivity index (χ0n) is 17.5. The molecule has 1 aromatic heterocycles. The van der Waals surface area contributed by atoms with Gasteiger partial charge < -0.3 is 9.64 Å². The van der Waals surface area contributed by atoms with Crippen molar-refractivity contribution in [3.63, 3.8) is 0 Å². The number of hydrogen-bond acceptors (Lipinski definition) is 3. The molecule has 0 saturated carbocycles. The predicted octanol–water partition coefficient (Wildman–Crippen LogP) is 4.45. The average molecular weight is 382 g/mol. The highest BCUT2D eigenvalue weighted by Crippen LogP contribution is 2.32. The number of rotatable bonds is 7. The standard InChI is InChI=1S/C23H31N3O2/c1-6-9-19-20(18-13-16(2)12-17(3)14-18)24-25-21(19)28-15-23(4,5)22(27)26-10-7-8-11-26/h6,12-14H,1,7-11,15H2,2-5H3,(H,24,25). The second-order valence-electron chi connectivity index (χ2n) is 8.42. The summed E-state index contributed by atoms with van der Waals surface area (Å²) in [7, 11) is 0. The highest BCUT2D eigenvalue weighted by Gasteiger charge is 2.34. The van der Waals surface area contributed by atoms with E-state index in [2.05, 4.69) is 48.8 Å². The van der Waals surface area contributed by atoms with Crippen molar-refractivity contribution < 1.29 is 9.53 Å². The largest absolute Gasteiger partial charge is 0.475 e. The molecule has 0 bridgehead atoms. The van der Waals surface area contributed by atoms with E-state index in [9.17, 15) is 4.79 Å². The summed E-state index contributed by atoms with van der Waals surface area (Å²) < 4.78 is 6.06. The number of aromatic nitrogens is 2. The second-order valence-corrected chi connectivity index (χ2v) is 8.42. The molecule has 1 aliphatic heterocycles. The van der Waals surface area contributed by atoms with Crippen LogP contribution >= 0.6 is 0 Å². The van der Waals surface area contributed by atoms with E-state index >= 15 is 0 Å². The maximum absolute atomic E-state index is 12.8. The fourth-order valence-electron chi connectivity index (χ4n) is 3.82. The number of allylic oxidation sites excluding steroid dienone is 1. The van der Waals surface area contributed by atoms with Gasteiger partial charge in [0.1, 0.15) is 6.61 Å². The van der Waals surface area contributed by atoms with Crippen LogP contribution in [0.5, 0.6) is 5.88 Å². The Kier molecular flexibility index (Phi) is 5.92. The van der Waals surface area contributed by atoms with Crippen molar-refractivity contribution in [2.45, 2.75) is 47.0 Å². The van der Waals surface area contributed by atoms with Crippen LogP contribution in [0, 0.1) is 19.3 Å². The summed E-state index contributed by atoms with van der Waals surface area (Å²) in [6, 6.07) is 6.42. The van der Waals surface area contributed by atoms with Crippen molar-refractivity contribution in [3.8, 4) is 17.1 Å². The molecule has 5 heteroatoms. The van der Waals surface area contributed by atoms with Crippen LogP contribution in [0.2, 0.25) is 0 Å². The summed E-state index contributed by atoms with van der Waals surface area (Å²) in [6.07, 6.45) is 4.68. The first-order valence-electron chi connectivity index (χ1n) is 10.0. The number of carbonyl (C=O) groups is 1. The minimum absolute atomic E-state index is 0.153. The third-order valence-electron chi connectivity index (χ3n) is 5.23. The van der Waals surface area contributed by atoms with Crippen molar-refractivity contribution in [2.75, 3.05) is 19.7 Å². The molecule has 150 valence electrons. The first-order chi connectivity index (χ1) is 13.3. The van der Waals surface area contributed by atoms with Crippen LogP contribution in [0.4, 0.5) is 0 Å². The van der Waals surface area contributed by atoms with Crippen molar-refractivity contribution in [3.05, 3.63) is 47.5 Å². The number of nitrogens with one attached hydrogen (secondary N) is 1. The van der Waals surface area contributed by atoms with Gasteiger partial charge in [0.15, 0.2) is 0 Å². The topological polar surface area (TPSA) is 58.2 Å². The van der Waals surface area contributed by atoms with Crippen LogP contribution in [0.3, 0.4) is 0 Å². The molecule has 0 spiro atoms. The lowest BCUT2D eigenvalue weighted by Crippen LogP contribution is -2.42. The monoisotopic (exact) mass is 381 g/mol.